The Bertz CT molecular complexity index is 920. The molecule has 2 aromatic rings. The zero-order valence-electron chi connectivity index (χ0n) is 16.5. The predicted octanol–water partition coefficient (Wildman–Crippen LogP) is 2.96. The maximum Gasteiger partial charge on any atom is 0.488 e. The van der Waals surface area contributed by atoms with E-state index in [2.05, 4.69) is 10.2 Å². The molecule has 1 aromatic heterocycles. The van der Waals surface area contributed by atoms with Crippen molar-refractivity contribution in [2.75, 3.05) is 20.2 Å². The van der Waals surface area contributed by atoms with Crippen molar-refractivity contribution in [2.45, 2.75) is 50.5 Å². The number of aromatic nitrogens is 1. The second-order valence-corrected chi connectivity index (χ2v) is 8.28. The quantitative estimate of drug-likeness (QED) is 0.817. The molecule has 4 rings (SSSR count). The number of fused-ring (bicyclic) bond motifs is 2. The Balaban J connectivity index is 1.69. The van der Waals surface area contributed by atoms with Crippen molar-refractivity contribution in [1.82, 2.24) is 14.8 Å². The first kappa shape index (κ1) is 20.2. The Kier molecular flexibility index (Phi) is 5.11. The standard InChI is InChI=1S/C21H26F3N3O2/c1-3-14(11-28)25-20(29)13-7-16-15-5-4-6-17-19(15)12(8-18(16)26(2)9-13)10-27(17)21(22,23)24/h4-6,10,13-14,16,18,28H,3,7-9,11H2,1-2H3,(H,25,29). The average Bonchev–Trinajstić information content (AvgIpc) is 3.07. The van der Waals surface area contributed by atoms with Gasteiger partial charge < -0.3 is 15.3 Å². The molecule has 1 amide bonds. The number of likely N-dealkylation sites (N-methyl/N-ethyl adjacent to an activating group) is 1. The molecule has 0 radical (unpaired) electrons. The number of nitrogens with one attached hydrogen (secondary N) is 1. The molecule has 0 bridgehead atoms. The molecule has 158 valence electrons. The zero-order valence-corrected chi connectivity index (χ0v) is 16.5. The summed E-state index contributed by atoms with van der Waals surface area (Å²) in [5, 5.41) is 13.0. The fraction of sp³-hybridized carbons (Fsp3) is 0.571. The minimum atomic E-state index is -4.46. The summed E-state index contributed by atoms with van der Waals surface area (Å²) in [5.41, 5.74) is 1.80. The summed E-state index contributed by atoms with van der Waals surface area (Å²) in [6.45, 7) is 2.35. The molecule has 4 atom stereocenters. The third-order valence-electron chi connectivity index (χ3n) is 6.55. The summed E-state index contributed by atoms with van der Waals surface area (Å²) in [4.78, 5) is 14.9. The van der Waals surface area contributed by atoms with Crippen LogP contribution in [0, 0.1) is 5.92 Å². The van der Waals surface area contributed by atoms with Gasteiger partial charge in [-0.3, -0.25) is 9.36 Å². The van der Waals surface area contributed by atoms with Gasteiger partial charge in [0.15, 0.2) is 0 Å². The summed E-state index contributed by atoms with van der Waals surface area (Å²) in [6.07, 6.45) is -1.45. The van der Waals surface area contributed by atoms with Gasteiger partial charge in [0.2, 0.25) is 5.91 Å². The third kappa shape index (κ3) is 3.42. The number of aliphatic hydroxyl groups excluding tert-OH is 1. The molecular formula is C21H26F3N3O2. The van der Waals surface area contributed by atoms with Gasteiger partial charge >= 0.3 is 6.30 Å². The van der Waals surface area contributed by atoms with E-state index < -0.39 is 6.30 Å². The Morgan fingerprint density at radius 1 is 1.38 bits per heavy atom. The normalized spacial score (nSPS) is 25.7. The van der Waals surface area contributed by atoms with Gasteiger partial charge in [-0.15, -0.1) is 13.2 Å². The second kappa shape index (κ2) is 7.32. The lowest BCUT2D eigenvalue weighted by molar-refractivity contribution is -0.200. The number of benzene rings is 1. The largest absolute Gasteiger partial charge is 0.488 e. The summed E-state index contributed by atoms with van der Waals surface area (Å²) in [6, 6.07) is 4.89. The number of alkyl halides is 3. The van der Waals surface area contributed by atoms with Crippen LogP contribution in [0.5, 0.6) is 0 Å². The SMILES string of the molecule is CCC(CO)NC(=O)C1CC2c3cccc4c3c(cn4C(F)(F)F)CC2N(C)C1. The fourth-order valence-electron chi connectivity index (χ4n) is 5.04. The van der Waals surface area contributed by atoms with Crippen LogP contribution in [0.25, 0.3) is 10.9 Å². The summed E-state index contributed by atoms with van der Waals surface area (Å²) in [7, 11) is 1.94. The Morgan fingerprint density at radius 2 is 2.14 bits per heavy atom. The van der Waals surface area contributed by atoms with E-state index in [1.807, 2.05) is 20.0 Å². The Morgan fingerprint density at radius 3 is 2.79 bits per heavy atom. The maximum absolute atomic E-state index is 13.5. The van der Waals surface area contributed by atoms with E-state index in [-0.39, 0.29) is 42.0 Å². The Hall–Kier alpha value is -2.06. The van der Waals surface area contributed by atoms with Gasteiger partial charge in [-0.1, -0.05) is 19.1 Å². The highest BCUT2D eigenvalue weighted by Crippen LogP contribution is 2.46. The molecule has 1 aromatic carbocycles. The molecule has 2 heterocycles. The van der Waals surface area contributed by atoms with Crippen molar-refractivity contribution in [3.8, 4) is 0 Å². The van der Waals surface area contributed by atoms with E-state index >= 15 is 0 Å². The van der Waals surface area contributed by atoms with E-state index in [1.54, 1.807) is 6.07 Å². The van der Waals surface area contributed by atoms with Gasteiger partial charge in [-0.05, 0) is 43.5 Å². The molecule has 5 nitrogen and oxygen atoms in total. The third-order valence-corrected chi connectivity index (χ3v) is 6.55. The van der Waals surface area contributed by atoms with Crippen LogP contribution in [-0.2, 0) is 17.5 Å². The van der Waals surface area contributed by atoms with Crippen molar-refractivity contribution < 1.29 is 23.1 Å². The van der Waals surface area contributed by atoms with Crippen LogP contribution in [0.15, 0.2) is 24.4 Å². The van der Waals surface area contributed by atoms with E-state index in [0.717, 1.165) is 11.1 Å². The number of halogens is 3. The maximum atomic E-state index is 13.5. The minimum absolute atomic E-state index is 0.000938. The van der Waals surface area contributed by atoms with E-state index in [1.165, 1.54) is 12.3 Å². The van der Waals surface area contributed by atoms with Crippen LogP contribution in [0.3, 0.4) is 0 Å². The van der Waals surface area contributed by atoms with Crippen LogP contribution in [0.1, 0.15) is 36.8 Å². The van der Waals surface area contributed by atoms with Crippen LogP contribution in [0.2, 0.25) is 0 Å². The van der Waals surface area contributed by atoms with Crippen molar-refractivity contribution >= 4 is 16.8 Å². The highest BCUT2D eigenvalue weighted by Gasteiger charge is 2.43. The van der Waals surface area contributed by atoms with E-state index in [0.29, 0.717) is 35.8 Å². The van der Waals surface area contributed by atoms with Gasteiger partial charge in [0.25, 0.3) is 0 Å². The smallest absolute Gasteiger partial charge is 0.394 e. The first-order valence-corrected chi connectivity index (χ1v) is 10.1. The van der Waals surface area contributed by atoms with Crippen molar-refractivity contribution in [3.05, 3.63) is 35.5 Å². The first-order valence-electron chi connectivity index (χ1n) is 10.1. The number of rotatable bonds is 4. The van der Waals surface area contributed by atoms with Gasteiger partial charge in [0.1, 0.15) is 0 Å². The molecule has 1 saturated heterocycles. The molecular weight excluding hydrogens is 383 g/mol. The molecule has 1 fully saturated rings. The molecule has 0 spiro atoms. The van der Waals surface area contributed by atoms with Crippen molar-refractivity contribution in [3.63, 3.8) is 0 Å². The first-order chi connectivity index (χ1) is 13.7. The highest BCUT2D eigenvalue weighted by atomic mass is 19.4. The van der Waals surface area contributed by atoms with Crippen LogP contribution in [-0.4, -0.2) is 52.8 Å². The Labute approximate surface area is 167 Å². The van der Waals surface area contributed by atoms with Gasteiger partial charge in [-0.2, -0.15) is 0 Å². The van der Waals surface area contributed by atoms with Gasteiger partial charge in [0, 0.05) is 30.1 Å². The number of nitrogens with zero attached hydrogens (tertiary/aromatic N) is 2. The number of hydrogen-bond acceptors (Lipinski definition) is 3. The van der Waals surface area contributed by atoms with E-state index in [4.69, 9.17) is 0 Å². The number of carbonyl (C=O) groups is 1. The van der Waals surface area contributed by atoms with E-state index in [9.17, 15) is 23.1 Å². The molecule has 29 heavy (non-hydrogen) atoms. The fourth-order valence-corrected chi connectivity index (χ4v) is 5.04. The summed E-state index contributed by atoms with van der Waals surface area (Å²) < 4.78 is 40.9. The molecule has 2 aliphatic rings. The number of amides is 1. The van der Waals surface area contributed by atoms with Crippen LogP contribution in [0.4, 0.5) is 13.2 Å². The van der Waals surface area contributed by atoms with Crippen LogP contribution >= 0.6 is 0 Å². The highest BCUT2D eigenvalue weighted by molar-refractivity contribution is 5.89. The monoisotopic (exact) mass is 409 g/mol. The minimum Gasteiger partial charge on any atom is -0.394 e. The second-order valence-electron chi connectivity index (χ2n) is 8.28. The lowest BCUT2D eigenvalue weighted by atomic mass is 9.72. The van der Waals surface area contributed by atoms with Crippen LogP contribution < -0.4 is 5.32 Å². The lowest BCUT2D eigenvalue weighted by Gasteiger charge is -2.45. The molecule has 4 unspecified atom stereocenters. The number of hydrogen-bond donors (Lipinski definition) is 2. The number of likely N-dealkylation sites (tertiary alicyclic amines) is 1. The predicted molar refractivity (Wildman–Crippen MR) is 104 cm³/mol. The molecule has 8 heteroatoms. The number of carbonyl (C=O) groups excluding carboxylic acids is 1. The summed E-state index contributed by atoms with van der Waals surface area (Å²) in [5.74, 6) is -0.357. The molecule has 2 N–H and O–H groups in total. The molecule has 1 aliphatic carbocycles. The lowest BCUT2D eigenvalue weighted by Crippen LogP contribution is -2.52. The zero-order chi connectivity index (χ0) is 20.9. The van der Waals surface area contributed by atoms with Gasteiger partial charge in [0.05, 0.1) is 24.1 Å². The molecule has 1 aliphatic heterocycles. The average molecular weight is 409 g/mol. The van der Waals surface area contributed by atoms with Crippen molar-refractivity contribution in [2.24, 2.45) is 5.92 Å². The van der Waals surface area contributed by atoms with Crippen molar-refractivity contribution in [1.29, 1.82) is 0 Å². The molecule has 0 saturated carbocycles. The summed E-state index contributed by atoms with van der Waals surface area (Å²) >= 11 is 0. The number of aliphatic hydroxyl groups is 1. The topological polar surface area (TPSA) is 57.5 Å². The van der Waals surface area contributed by atoms with Gasteiger partial charge in [-0.25, -0.2) is 0 Å². The number of piperidine rings is 1.